The van der Waals surface area contributed by atoms with E-state index in [-0.39, 0.29) is 0 Å². The van der Waals surface area contributed by atoms with Crippen molar-refractivity contribution < 1.29 is 5.11 Å². The van der Waals surface area contributed by atoms with Gasteiger partial charge in [-0.25, -0.2) is 0 Å². The molecule has 1 N–H and O–H groups in total. The minimum Gasteiger partial charge on any atom is -0.388 e. The number of benzene rings is 1. The van der Waals surface area contributed by atoms with Crippen LogP contribution in [0.4, 0.5) is 0 Å². The Morgan fingerprint density at radius 2 is 2.17 bits per heavy atom. The van der Waals surface area contributed by atoms with E-state index in [2.05, 4.69) is 0 Å². The molecule has 0 saturated carbocycles. The van der Waals surface area contributed by atoms with Crippen LogP contribution in [0.5, 0.6) is 0 Å². The highest BCUT2D eigenvalue weighted by Crippen LogP contribution is 2.13. The summed E-state index contributed by atoms with van der Waals surface area (Å²) in [4.78, 5) is 0. The second kappa shape index (κ2) is 3.77. The van der Waals surface area contributed by atoms with E-state index in [1.165, 1.54) is 0 Å². The normalized spacial score (nSPS) is 12.9. The van der Waals surface area contributed by atoms with Gasteiger partial charge in [0.1, 0.15) is 7.85 Å². The van der Waals surface area contributed by atoms with E-state index in [1.807, 2.05) is 32.0 Å². The van der Waals surface area contributed by atoms with Gasteiger partial charge in [-0.3, -0.25) is 0 Å². The number of rotatable bonds is 2. The molecular weight excluding hydrogens is 147 g/mol. The zero-order valence-electron chi connectivity index (χ0n) is 7.54. The molecule has 1 aromatic rings. The Morgan fingerprint density at radius 1 is 1.50 bits per heavy atom. The lowest BCUT2D eigenvalue weighted by molar-refractivity contribution is 0.175. The molecule has 1 aromatic carbocycles. The maximum Gasteiger partial charge on any atom is 0.114 e. The van der Waals surface area contributed by atoms with Gasteiger partial charge in [-0.1, -0.05) is 36.1 Å². The van der Waals surface area contributed by atoms with Gasteiger partial charge in [0.25, 0.3) is 0 Å². The molecule has 1 nitrogen and oxygen atoms in total. The number of hydrogen-bond acceptors (Lipinski definition) is 1. The first-order chi connectivity index (χ1) is 5.65. The molecule has 0 saturated heterocycles. The lowest BCUT2D eigenvalue weighted by atomic mass is 9.86. The lowest BCUT2D eigenvalue weighted by Crippen LogP contribution is -2.14. The molecule has 62 valence electrons. The van der Waals surface area contributed by atoms with E-state index in [4.69, 9.17) is 7.85 Å². The molecule has 0 aliphatic heterocycles. The molecule has 0 spiro atoms. The molecule has 0 aliphatic carbocycles. The third-order valence-corrected chi connectivity index (χ3v) is 1.99. The van der Waals surface area contributed by atoms with Crippen molar-refractivity contribution in [2.45, 2.75) is 26.4 Å². The second-order valence-electron chi connectivity index (χ2n) is 3.06. The van der Waals surface area contributed by atoms with E-state index in [9.17, 15) is 5.11 Å². The predicted molar refractivity (Wildman–Crippen MR) is 51.8 cm³/mol. The molecule has 1 rings (SSSR count). The fourth-order valence-corrected chi connectivity index (χ4v) is 1.22. The summed E-state index contributed by atoms with van der Waals surface area (Å²) in [6, 6.07) is 5.73. The Labute approximate surface area is 74.8 Å². The summed E-state index contributed by atoms with van der Waals surface area (Å²) < 4.78 is 0. The van der Waals surface area contributed by atoms with Crippen LogP contribution >= 0.6 is 0 Å². The van der Waals surface area contributed by atoms with E-state index in [0.29, 0.717) is 11.9 Å². The Bertz CT molecular complexity index is 271. The second-order valence-corrected chi connectivity index (χ2v) is 3.06. The van der Waals surface area contributed by atoms with Crippen molar-refractivity contribution in [3.05, 3.63) is 29.3 Å². The van der Waals surface area contributed by atoms with Crippen LogP contribution in [0, 0.1) is 6.92 Å². The Kier molecular flexibility index (Phi) is 2.93. The fourth-order valence-electron chi connectivity index (χ4n) is 1.22. The monoisotopic (exact) mass is 160 g/mol. The standard InChI is InChI=1S/C10H13BO/c1-3-10(12)8-5-4-7(2)6-9(8)11/h4-6,10,12H,3H2,1-2H3/t10-/m1/s1. The fraction of sp³-hybridized carbons (Fsp3) is 0.400. The molecule has 1 atom stereocenters. The lowest BCUT2D eigenvalue weighted by Gasteiger charge is -2.12. The van der Waals surface area contributed by atoms with Crippen LogP contribution in [-0.2, 0) is 0 Å². The third-order valence-electron chi connectivity index (χ3n) is 1.99. The van der Waals surface area contributed by atoms with Crippen molar-refractivity contribution in [1.82, 2.24) is 0 Å². The molecule has 0 aromatic heterocycles. The van der Waals surface area contributed by atoms with E-state index in [0.717, 1.165) is 11.1 Å². The van der Waals surface area contributed by atoms with Crippen molar-refractivity contribution in [2.75, 3.05) is 0 Å². The molecule has 0 unspecified atom stereocenters. The average molecular weight is 160 g/mol. The predicted octanol–water partition coefficient (Wildman–Crippen LogP) is 1.23. The molecule has 0 fully saturated rings. The zero-order valence-corrected chi connectivity index (χ0v) is 7.54. The van der Waals surface area contributed by atoms with Crippen molar-refractivity contribution in [2.24, 2.45) is 0 Å². The molecule has 2 radical (unpaired) electrons. The molecule has 2 heteroatoms. The minimum atomic E-state index is -0.425. The molecule has 12 heavy (non-hydrogen) atoms. The highest BCUT2D eigenvalue weighted by Gasteiger charge is 2.06. The average Bonchev–Trinajstić information content (AvgIpc) is 2.03. The van der Waals surface area contributed by atoms with Crippen LogP contribution in [0.15, 0.2) is 18.2 Å². The summed E-state index contributed by atoms with van der Waals surface area (Å²) in [6.45, 7) is 3.92. The van der Waals surface area contributed by atoms with Gasteiger partial charge in [0.15, 0.2) is 0 Å². The van der Waals surface area contributed by atoms with Gasteiger partial charge < -0.3 is 5.11 Å². The van der Waals surface area contributed by atoms with E-state index in [1.54, 1.807) is 0 Å². The number of aliphatic hydroxyl groups excluding tert-OH is 1. The van der Waals surface area contributed by atoms with Crippen LogP contribution in [0.3, 0.4) is 0 Å². The maximum atomic E-state index is 9.52. The van der Waals surface area contributed by atoms with Crippen molar-refractivity contribution >= 4 is 13.3 Å². The quantitative estimate of drug-likeness (QED) is 0.645. The van der Waals surface area contributed by atoms with Gasteiger partial charge in [0.05, 0.1) is 6.10 Å². The highest BCUT2D eigenvalue weighted by molar-refractivity contribution is 6.33. The smallest absolute Gasteiger partial charge is 0.114 e. The largest absolute Gasteiger partial charge is 0.388 e. The van der Waals surface area contributed by atoms with Crippen LogP contribution in [0.25, 0.3) is 0 Å². The molecule has 0 amide bonds. The molecule has 0 heterocycles. The van der Waals surface area contributed by atoms with Gasteiger partial charge in [0.2, 0.25) is 0 Å². The minimum absolute atomic E-state index is 0.425. The Morgan fingerprint density at radius 3 is 2.67 bits per heavy atom. The summed E-state index contributed by atoms with van der Waals surface area (Å²) in [5.74, 6) is 0. The number of aliphatic hydroxyl groups is 1. The van der Waals surface area contributed by atoms with Gasteiger partial charge in [-0.05, 0) is 18.9 Å². The summed E-state index contributed by atoms with van der Waals surface area (Å²) in [5, 5.41) is 9.52. The summed E-state index contributed by atoms with van der Waals surface area (Å²) >= 11 is 0. The molecule has 0 aliphatic rings. The topological polar surface area (TPSA) is 20.2 Å². The third kappa shape index (κ3) is 1.89. The van der Waals surface area contributed by atoms with E-state index < -0.39 is 6.10 Å². The molecule has 0 bridgehead atoms. The first kappa shape index (κ1) is 9.33. The van der Waals surface area contributed by atoms with Gasteiger partial charge in [0, 0.05) is 0 Å². The van der Waals surface area contributed by atoms with Gasteiger partial charge >= 0.3 is 0 Å². The van der Waals surface area contributed by atoms with Crippen molar-refractivity contribution in [3.8, 4) is 0 Å². The number of aryl methyl sites for hydroxylation is 1. The first-order valence-electron chi connectivity index (χ1n) is 4.19. The van der Waals surface area contributed by atoms with Crippen LogP contribution in [-0.4, -0.2) is 13.0 Å². The maximum absolute atomic E-state index is 9.52. The van der Waals surface area contributed by atoms with E-state index >= 15 is 0 Å². The van der Waals surface area contributed by atoms with Crippen molar-refractivity contribution in [3.63, 3.8) is 0 Å². The summed E-state index contributed by atoms with van der Waals surface area (Å²) in [7, 11) is 5.74. The zero-order chi connectivity index (χ0) is 9.14. The summed E-state index contributed by atoms with van der Waals surface area (Å²) in [5.41, 5.74) is 2.65. The first-order valence-corrected chi connectivity index (χ1v) is 4.19. The van der Waals surface area contributed by atoms with Crippen molar-refractivity contribution in [1.29, 1.82) is 0 Å². The SMILES string of the molecule is [B]c1cc(C)ccc1[C@H](O)CC. The van der Waals surface area contributed by atoms with Crippen LogP contribution in [0.2, 0.25) is 0 Å². The molecular formula is C10H13BO. The Hall–Kier alpha value is -0.755. The highest BCUT2D eigenvalue weighted by atomic mass is 16.3. The Balaban J connectivity index is 3.01. The van der Waals surface area contributed by atoms with Gasteiger partial charge in [-0.15, -0.1) is 0 Å². The van der Waals surface area contributed by atoms with Crippen LogP contribution < -0.4 is 5.46 Å². The summed E-state index contributed by atoms with van der Waals surface area (Å²) in [6.07, 6.45) is 0.276. The van der Waals surface area contributed by atoms with Gasteiger partial charge in [-0.2, -0.15) is 0 Å². The van der Waals surface area contributed by atoms with Crippen LogP contribution in [0.1, 0.15) is 30.6 Å². The number of hydrogen-bond donors (Lipinski definition) is 1.